The molecule has 2 rings (SSSR count). The Labute approximate surface area is 153 Å². The lowest BCUT2D eigenvalue weighted by Gasteiger charge is -2.28. The zero-order valence-electron chi connectivity index (χ0n) is 16.9. The van der Waals surface area contributed by atoms with Crippen molar-refractivity contribution < 1.29 is 9.90 Å². The normalized spacial score (nSPS) is 16.9. The summed E-state index contributed by atoms with van der Waals surface area (Å²) in [4.78, 5) is 15.2. The Bertz CT molecular complexity index is 579. The molecule has 1 aliphatic rings. The molecule has 0 amide bonds. The van der Waals surface area contributed by atoms with Crippen LogP contribution < -0.4 is 0 Å². The Morgan fingerprint density at radius 3 is 1.88 bits per heavy atom. The van der Waals surface area contributed by atoms with Gasteiger partial charge in [0, 0.05) is 29.7 Å². The number of hydrogen-bond acceptors (Lipinski definition) is 3. The molecule has 1 N–H and O–H groups in total. The van der Waals surface area contributed by atoms with Gasteiger partial charge in [0.05, 0.1) is 0 Å². The second kappa shape index (κ2) is 7.49. The van der Waals surface area contributed by atoms with E-state index in [0.29, 0.717) is 12.2 Å². The van der Waals surface area contributed by atoms with E-state index in [9.17, 15) is 9.90 Å². The number of rotatable bonds is 4. The fourth-order valence-electron chi connectivity index (χ4n) is 3.53. The van der Waals surface area contributed by atoms with E-state index in [1.54, 1.807) is 0 Å². The molecule has 1 aromatic rings. The van der Waals surface area contributed by atoms with Crippen molar-refractivity contribution in [2.75, 3.05) is 19.6 Å². The molecule has 0 spiro atoms. The molecule has 0 bridgehead atoms. The smallest absolute Gasteiger partial charge is 0.164 e. The fourth-order valence-corrected chi connectivity index (χ4v) is 3.53. The minimum atomic E-state index is -0.201. The third-order valence-corrected chi connectivity index (χ3v) is 5.15. The van der Waals surface area contributed by atoms with Crippen LogP contribution >= 0.6 is 0 Å². The van der Waals surface area contributed by atoms with Gasteiger partial charge in [-0.25, -0.2) is 0 Å². The maximum absolute atomic E-state index is 12.8. The molecule has 0 saturated carbocycles. The van der Waals surface area contributed by atoms with Crippen molar-refractivity contribution in [2.45, 2.75) is 78.1 Å². The number of hydrogen-bond donors (Lipinski definition) is 1. The van der Waals surface area contributed by atoms with Gasteiger partial charge in [-0.15, -0.1) is 0 Å². The summed E-state index contributed by atoms with van der Waals surface area (Å²) in [7, 11) is 0. The van der Waals surface area contributed by atoms with Crippen molar-refractivity contribution in [3.05, 3.63) is 28.8 Å². The molecule has 1 aliphatic heterocycles. The van der Waals surface area contributed by atoms with Crippen molar-refractivity contribution in [1.29, 1.82) is 0 Å². The highest BCUT2D eigenvalue weighted by atomic mass is 16.3. The van der Waals surface area contributed by atoms with E-state index >= 15 is 0 Å². The molecule has 3 heteroatoms. The minimum absolute atomic E-state index is 0.182. The van der Waals surface area contributed by atoms with E-state index in [0.717, 1.165) is 36.3 Å². The molecule has 0 unspecified atom stereocenters. The number of Topliss-reactive ketones (excluding diaryl/α,β-unsaturated/α-hetero) is 1. The Balaban J connectivity index is 2.28. The summed E-state index contributed by atoms with van der Waals surface area (Å²) in [5, 5.41) is 10.8. The van der Waals surface area contributed by atoms with Gasteiger partial charge in [-0.1, -0.05) is 48.0 Å². The molecule has 1 saturated heterocycles. The van der Waals surface area contributed by atoms with Crippen molar-refractivity contribution in [2.24, 2.45) is 0 Å². The molecule has 0 aromatic heterocycles. The average molecular weight is 346 g/mol. The van der Waals surface area contributed by atoms with Crippen LogP contribution in [0.1, 0.15) is 88.7 Å². The van der Waals surface area contributed by atoms with Crippen LogP contribution in [0.4, 0.5) is 0 Å². The molecule has 0 atom stereocenters. The number of carbonyl (C=O) groups is 1. The molecule has 140 valence electrons. The summed E-state index contributed by atoms with van der Waals surface area (Å²) < 4.78 is 0. The third kappa shape index (κ3) is 5.07. The lowest BCUT2D eigenvalue weighted by atomic mass is 9.78. The first kappa shape index (κ1) is 20.0. The summed E-state index contributed by atoms with van der Waals surface area (Å²) in [6.45, 7) is 15.6. The van der Waals surface area contributed by atoms with Crippen LogP contribution in [0.15, 0.2) is 12.1 Å². The SMILES string of the molecule is CC(C)(C)c1cc(C(=O)CCN2CCCCC2)cc(C(C)(C)C)c1O. The van der Waals surface area contributed by atoms with Crippen LogP contribution in [0.3, 0.4) is 0 Å². The van der Waals surface area contributed by atoms with Crippen LogP contribution in [0, 0.1) is 0 Å². The lowest BCUT2D eigenvalue weighted by molar-refractivity contribution is 0.0958. The first-order valence-electron chi connectivity index (χ1n) is 9.63. The quantitative estimate of drug-likeness (QED) is 0.777. The Morgan fingerprint density at radius 1 is 0.960 bits per heavy atom. The summed E-state index contributed by atoms with van der Waals surface area (Å²) >= 11 is 0. The number of carbonyl (C=O) groups excluding carboxylic acids is 1. The number of nitrogens with zero attached hydrogens (tertiary/aromatic N) is 1. The van der Waals surface area contributed by atoms with E-state index in [-0.39, 0.29) is 16.6 Å². The summed E-state index contributed by atoms with van der Waals surface area (Å²) in [6.07, 6.45) is 4.36. The lowest BCUT2D eigenvalue weighted by Crippen LogP contribution is -2.31. The molecule has 25 heavy (non-hydrogen) atoms. The van der Waals surface area contributed by atoms with E-state index in [2.05, 4.69) is 46.4 Å². The van der Waals surface area contributed by atoms with E-state index in [1.165, 1.54) is 19.3 Å². The van der Waals surface area contributed by atoms with Gasteiger partial charge in [0.15, 0.2) is 5.78 Å². The first-order valence-corrected chi connectivity index (χ1v) is 9.63. The van der Waals surface area contributed by atoms with Gasteiger partial charge in [0.2, 0.25) is 0 Å². The van der Waals surface area contributed by atoms with E-state index in [1.807, 2.05) is 12.1 Å². The Kier molecular flexibility index (Phi) is 5.98. The number of ketones is 1. The number of benzene rings is 1. The molecule has 3 nitrogen and oxygen atoms in total. The third-order valence-electron chi connectivity index (χ3n) is 5.15. The van der Waals surface area contributed by atoms with Crippen molar-refractivity contribution in [3.8, 4) is 5.75 Å². The number of phenolic OH excluding ortho intramolecular Hbond substituents is 1. The van der Waals surface area contributed by atoms with Gasteiger partial charge in [-0.05, 0) is 48.9 Å². The number of likely N-dealkylation sites (tertiary alicyclic amines) is 1. The zero-order chi connectivity index (χ0) is 18.8. The summed E-state index contributed by atoms with van der Waals surface area (Å²) in [6, 6.07) is 3.81. The second-order valence-corrected chi connectivity index (χ2v) is 9.50. The highest BCUT2D eigenvalue weighted by molar-refractivity contribution is 5.97. The molecule has 1 aromatic carbocycles. The van der Waals surface area contributed by atoms with Gasteiger partial charge < -0.3 is 10.0 Å². The number of phenols is 1. The molecular weight excluding hydrogens is 310 g/mol. The van der Waals surface area contributed by atoms with Crippen LogP contribution in [-0.2, 0) is 10.8 Å². The van der Waals surface area contributed by atoms with E-state index < -0.39 is 0 Å². The van der Waals surface area contributed by atoms with Crippen LogP contribution in [0.2, 0.25) is 0 Å². The predicted octanol–water partition coefficient (Wildman–Crippen LogP) is 5.05. The van der Waals surface area contributed by atoms with Crippen LogP contribution in [-0.4, -0.2) is 35.4 Å². The summed E-state index contributed by atoms with van der Waals surface area (Å²) in [5.74, 6) is 0.522. The van der Waals surface area contributed by atoms with Crippen molar-refractivity contribution in [3.63, 3.8) is 0 Å². The molecule has 1 fully saturated rings. The van der Waals surface area contributed by atoms with Crippen LogP contribution in [0.25, 0.3) is 0 Å². The minimum Gasteiger partial charge on any atom is -0.507 e. The topological polar surface area (TPSA) is 40.5 Å². The van der Waals surface area contributed by atoms with Crippen LogP contribution in [0.5, 0.6) is 5.75 Å². The molecular formula is C22H35NO2. The standard InChI is InChI=1S/C22H35NO2/c1-21(2,3)17-14-16(15-18(20(17)25)22(4,5)6)19(24)10-13-23-11-8-7-9-12-23/h14-15,25H,7-13H2,1-6H3. The molecule has 0 aliphatic carbocycles. The van der Waals surface area contributed by atoms with Crippen molar-refractivity contribution >= 4 is 5.78 Å². The molecule has 0 radical (unpaired) electrons. The van der Waals surface area contributed by atoms with Gasteiger partial charge in [-0.3, -0.25) is 4.79 Å². The van der Waals surface area contributed by atoms with Gasteiger partial charge in [0.1, 0.15) is 5.75 Å². The maximum Gasteiger partial charge on any atom is 0.164 e. The highest BCUT2D eigenvalue weighted by Crippen LogP contribution is 2.40. The Morgan fingerprint density at radius 2 is 1.44 bits per heavy atom. The largest absolute Gasteiger partial charge is 0.507 e. The Hall–Kier alpha value is -1.35. The predicted molar refractivity (Wildman–Crippen MR) is 105 cm³/mol. The highest BCUT2D eigenvalue weighted by Gasteiger charge is 2.27. The van der Waals surface area contributed by atoms with E-state index in [4.69, 9.17) is 0 Å². The second-order valence-electron chi connectivity index (χ2n) is 9.50. The monoisotopic (exact) mass is 345 g/mol. The first-order chi connectivity index (χ1) is 11.5. The van der Waals surface area contributed by atoms with Crippen molar-refractivity contribution in [1.82, 2.24) is 4.90 Å². The average Bonchev–Trinajstić information content (AvgIpc) is 2.51. The summed E-state index contributed by atoms with van der Waals surface area (Å²) in [5.41, 5.74) is 2.06. The fraction of sp³-hybridized carbons (Fsp3) is 0.682. The maximum atomic E-state index is 12.8. The van der Waals surface area contributed by atoms with Gasteiger partial charge in [-0.2, -0.15) is 0 Å². The molecule has 1 heterocycles. The van der Waals surface area contributed by atoms with Gasteiger partial charge in [0.25, 0.3) is 0 Å². The van der Waals surface area contributed by atoms with Gasteiger partial charge >= 0.3 is 0 Å². The number of aromatic hydroxyl groups is 1. The number of piperidine rings is 1. The zero-order valence-corrected chi connectivity index (χ0v) is 16.9.